The van der Waals surface area contributed by atoms with E-state index in [2.05, 4.69) is 4.98 Å². The lowest BCUT2D eigenvalue weighted by atomic mass is 10.1. The molecule has 1 saturated heterocycles. The van der Waals surface area contributed by atoms with E-state index in [0.717, 1.165) is 23.1 Å². The quantitative estimate of drug-likeness (QED) is 0.300. The van der Waals surface area contributed by atoms with Crippen molar-refractivity contribution in [2.75, 3.05) is 4.90 Å². The first-order chi connectivity index (χ1) is 16.3. The van der Waals surface area contributed by atoms with Crippen molar-refractivity contribution in [1.29, 1.82) is 0 Å². The molecular weight excluding hydrogens is 467 g/mol. The fraction of sp³-hybridized carbons (Fsp3) is 0.130. The molecule has 2 aromatic carbocycles. The third-order valence-corrected chi connectivity index (χ3v) is 5.63. The van der Waals surface area contributed by atoms with Gasteiger partial charge in [0.1, 0.15) is 16.9 Å². The molecule has 1 aliphatic heterocycles. The zero-order valence-electron chi connectivity index (χ0n) is 17.4. The molecule has 11 heteroatoms. The molecule has 1 unspecified atom stereocenters. The van der Waals surface area contributed by atoms with Crippen molar-refractivity contribution >= 4 is 40.7 Å². The van der Waals surface area contributed by atoms with Crippen molar-refractivity contribution in [1.82, 2.24) is 9.88 Å². The lowest BCUT2D eigenvalue weighted by molar-refractivity contribution is -0.384. The minimum atomic E-state index is -1.18. The number of hydrogen-bond acceptors (Lipinski definition) is 6. The van der Waals surface area contributed by atoms with E-state index in [4.69, 9.17) is 11.6 Å². The van der Waals surface area contributed by atoms with Crippen molar-refractivity contribution < 1.29 is 23.7 Å². The highest BCUT2D eigenvalue weighted by Crippen LogP contribution is 2.30. The summed E-state index contributed by atoms with van der Waals surface area (Å²) in [7, 11) is 0. The molecule has 3 aromatic rings. The summed E-state index contributed by atoms with van der Waals surface area (Å²) in [5.74, 6) is -2.46. The average molecular weight is 483 g/mol. The Morgan fingerprint density at radius 3 is 2.59 bits per heavy atom. The number of carbonyl (C=O) groups is 3. The number of nitrogens with zero attached hydrogens (tertiary/aromatic N) is 4. The summed E-state index contributed by atoms with van der Waals surface area (Å²) in [6, 6.07) is 10.6. The van der Waals surface area contributed by atoms with Gasteiger partial charge < -0.3 is 4.90 Å². The number of carbonyl (C=O) groups excluding carboxylic acids is 3. The van der Waals surface area contributed by atoms with E-state index in [1.165, 1.54) is 35.4 Å². The van der Waals surface area contributed by atoms with Crippen LogP contribution in [0.4, 0.5) is 15.8 Å². The minimum absolute atomic E-state index is 0.0690. The molecule has 3 amide bonds. The standard InChI is InChI=1S/C23H16ClFN4O5/c24-18-8-3-15(10-19(18)29(33)34)22(31)27(13-14-2-1-9-26-12-14)20-11-21(30)28(23(20)32)17-6-4-16(25)5-7-17/h1-10,12,20H,11,13H2. The number of benzene rings is 2. The number of amides is 3. The summed E-state index contributed by atoms with van der Waals surface area (Å²) in [5.41, 5.74) is 0.227. The molecule has 0 saturated carbocycles. The minimum Gasteiger partial charge on any atom is -0.322 e. The fourth-order valence-electron chi connectivity index (χ4n) is 3.68. The van der Waals surface area contributed by atoms with Gasteiger partial charge in [-0.05, 0) is 48.0 Å². The van der Waals surface area contributed by atoms with Gasteiger partial charge in [-0.2, -0.15) is 0 Å². The lowest BCUT2D eigenvalue weighted by Gasteiger charge is -2.28. The van der Waals surface area contributed by atoms with Crippen molar-refractivity contribution in [3.8, 4) is 0 Å². The van der Waals surface area contributed by atoms with Crippen LogP contribution in [0.2, 0.25) is 5.02 Å². The molecule has 0 radical (unpaired) electrons. The number of anilines is 1. The van der Waals surface area contributed by atoms with Crippen LogP contribution in [0.1, 0.15) is 22.3 Å². The van der Waals surface area contributed by atoms with E-state index < -0.39 is 40.2 Å². The molecule has 0 aliphatic carbocycles. The summed E-state index contributed by atoms with van der Waals surface area (Å²) in [6.07, 6.45) is 2.74. The van der Waals surface area contributed by atoms with Gasteiger partial charge in [-0.25, -0.2) is 9.29 Å². The number of aromatic nitrogens is 1. The number of nitro benzene ring substituents is 1. The fourth-order valence-corrected chi connectivity index (χ4v) is 3.87. The largest absolute Gasteiger partial charge is 0.322 e. The van der Waals surface area contributed by atoms with Crippen molar-refractivity contribution in [2.45, 2.75) is 19.0 Å². The van der Waals surface area contributed by atoms with Crippen LogP contribution < -0.4 is 4.90 Å². The van der Waals surface area contributed by atoms with Gasteiger partial charge in [0.15, 0.2) is 0 Å². The maximum absolute atomic E-state index is 13.5. The van der Waals surface area contributed by atoms with E-state index in [1.54, 1.807) is 18.3 Å². The van der Waals surface area contributed by atoms with E-state index in [-0.39, 0.29) is 29.2 Å². The number of halogens is 2. The lowest BCUT2D eigenvalue weighted by Crippen LogP contribution is -2.45. The first-order valence-electron chi connectivity index (χ1n) is 10.0. The first kappa shape index (κ1) is 23.0. The molecular formula is C23H16ClFN4O5. The maximum Gasteiger partial charge on any atom is 0.288 e. The predicted octanol–water partition coefficient (Wildman–Crippen LogP) is 3.76. The SMILES string of the molecule is O=C1CC(N(Cc2cccnc2)C(=O)c2ccc(Cl)c([N+](=O)[O-])c2)C(=O)N1c1ccc(F)cc1. The van der Waals surface area contributed by atoms with Crippen LogP contribution in [-0.2, 0) is 16.1 Å². The summed E-state index contributed by atoms with van der Waals surface area (Å²) in [4.78, 5) is 56.1. The first-order valence-corrected chi connectivity index (χ1v) is 10.4. The number of rotatable bonds is 6. The van der Waals surface area contributed by atoms with Crippen LogP contribution in [0.5, 0.6) is 0 Å². The summed E-state index contributed by atoms with van der Waals surface area (Å²) >= 11 is 5.87. The van der Waals surface area contributed by atoms with Gasteiger partial charge in [0, 0.05) is 30.6 Å². The number of hydrogen-bond donors (Lipinski definition) is 0. The molecule has 0 spiro atoms. The maximum atomic E-state index is 13.5. The summed E-state index contributed by atoms with van der Waals surface area (Å²) < 4.78 is 13.3. The molecule has 1 aromatic heterocycles. The zero-order chi connectivity index (χ0) is 24.4. The molecule has 1 atom stereocenters. The number of nitro groups is 1. The zero-order valence-corrected chi connectivity index (χ0v) is 18.2. The molecule has 9 nitrogen and oxygen atoms in total. The number of pyridine rings is 1. The van der Waals surface area contributed by atoms with Crippen molar-refractivity contribution in [3.63, 3.8) is 0 Å². The second-order valence-corrected chi connectivity index (χ2v) is 7.89. The Labute approximate surface area is 197 Å². The Morgan fingerprint density at radius 1 is 1.21 bits per heavy atom. The number of imide groups is 1. The van der Waals surface area contributed by atoms with Gasteiger partial charge in [-0.15, -0.1) is 0 Å². The molecule has 172 valence electrons. The van der Waals surface area contributed by atoms with Crippen LogP contribution >= 0.6 is 11.6 Å². The molecule has 1 aliphatic rings. The van der Waals surface area contributed by atoms with Crippen LogP contribution in [0.3, 0.4) is 0 Å². The third-order valence-electron chi connectivity index (χ3n) is 5.31. The van der Waals surface area contributed by atoms with Gasteiger partial charge in [0.05, 0.1) is 17.0 Å². The van der Waals surface area contributed by atoms with Crippen LogP contribution in [0.25, 0.3) is 0 Å². The van der Waals surface area contributed by atoms with Gasteiger partial charge in [0.25, 0.3) is 17.5 Å². The second kappa shape index (κ2) is 9.36. The van der Waals surface area contributed by atoms with E-state index in [0.29, 0.717) is 5.56 Å². The van der Waals surface area contributed by atoms with Gasteiger partial charge in [-0.1, -0.05) is 17.7 Å². The summed E-state index contributed by atoms with van der Waals surface area (Å²) in [6.45, 7) is -0.0793. The van der Waals surface area contributed by atoms with E-state index in [1.807, 2.05) is 0 Å². The topological polar surface area (TPSA) is 114 Å². The monoisotopic (exact) mass is 482 g/mol. The normalized spacial score (nSPS) is 15.5. The van der Waals surface area contributed by atoms with E-state index >= 15 is 0 Å². The molecule has 0 bridgehead atoms. The highest BCUT2D eigenvalue weighted by molar-refractivity contribution is 6.32. The van der Waals surface area contributed by atoms with Crippen LogP contribution in [0.15, 0.2) is 67.0 Å². The highest BCUT2D eigenvalue weighted by Gasteiger charge is 2.44. The van der Waals surface area contributed by atoms with Crippen molar-refractivity contribution in [2.24, 2.45) is 0 Å². The summed E-state index contributed by atoms with van der Waals surface area (Å²) in [5, 5.41) is 11.1. The van der Waals surface area contributed by atoms with Gasteiger partial charge in [0.2, 0.25) is 5.91 Å². The van der Waals surface area contributed by atoms with Crippen LogP contribution in [-0.4, -0.2) is 38.6 Å². The van der Waals surface area contributed by atoms with Crippen LogP contribution in [0, 0.1) is 15.9 Å². The average Bonchev–Trinajstić information content (AvgIpc) is 3.12. The Bertz CT molecular complexity index is 1290. The Kier molecular flexibility index (Phi) is 6.33. The molecule has 34 heavy (non-hydrogen) atoms. The highest BCUT2D eigenvalue weighted by atomic mass is 35.5. The van der Waals surface area contributed by atoms with Crippen molar-refractivity contribution in [3.05, 3.63) is 99.1 Å². The molecule has 4 rings (SSSR count). The predicted molar refractivity (Wildman–Crippen MR) is 120 cm³/mol. The molecule has 1 fully saturated rings. The molecule has 0 N–H and O–H groups in total. The Balaban J connectivity index is 1.72. The Hall–Kier alpha value is -4.18. The van der Waals surface area contributed by atoms with E-state index in [9.17, 15) is 28.9 Å². The van der Waals surface area contributed by atoms with Gasteiger partial charge >= 0.3 is 0 Å². The smallest absolute Gasteiger partial charge is 0.288 e. The third kappa shape index (κ3) is 4.48. The second-order valence-electron chi connectivity index (χ2n) is 7.48. The molecule has 2 heterocycles. The van der Waals surface area contributed by atoms with Gasteiger partial charge in [-0.3, -0.25) is 29.5 Å². The Morgan fingerprint density at radius 2 is 1.94 bits per heavy atom.